The first-order chi connectivity index (χ1) is 10.3. The Morgan fingerprint density at radius 3 is 1.38 bits per heavy atom. The Morgan fingerprint density at radius 1 is 0.667 bits per heavy atom. The van der Waals surface area contributed by atoms with Crippen LogP contribution >= 0.6 is 23.5 Å². The Morgan fingerprint density at radius 2 is 1.05 bits per heavy atom. The summed E-state index contributed by atoms with van der Waals surface area (Å²) in [7, 11) is 0. The molecule has 0 saturated heterocycles. The van der Waals surface area contributed by atoms with Crippen molar-refractivity contribution in [1.82, 2.24) is 0 Å². The number of thioether (sulfide) groups is 2. The van der Waals surface area contributed by atoms with Crippen LogP contribution in [0.5, 0.6) is 11.5 Å². The van der Waals surface area contributed by atoms with E-state index >= 15 is 0 Å². The van der Waals surface area contributed by atoms with Gasteiger partial charge in [-0.2, -0.15) is 0 Å². The van der Waals surface area contributed by atoms with Crippen molar-refractivity contribution in [3.63, 3.8) is 0 Å². The van der Waals surface area contributed by atoms with Gasteiger partial charge in [-0.25, -0.2) is 0 Å². The topological polar surface area (TPSA) is 49.7 Å². The van der Waals surface area contributed by atoms with E-state index in [-0.39, 0.29) is 13.2 Å². The van der Waals surface area contributed by atoms with Gasteiger partial charge in [0, 0.05) is 21.3 Å². The summed E-state index contributed by atoms with van der Waals surface area (Å²) in [6, 6.07) is 15.6. The molecule has 2 rings (SSSR count). The molecule has 2 aromatic rings. The summed E-state index contributed by atoms with van der Waals surface area (Å²) in [5.41, 5.74) is 0. The van der Waals surface area contributed by atoms with Crippen LogP contribution < -0.4 is 4.74 Å². The van der Waals surface area contributed by atoms with Gasteiger partial charge in [0.05, 0.1) is 13.2 Å². The summed E-state index contributed by atoms with van der Waals surface area (Å²) in [5.74, 6) is 2.98. The quantitative estimate of drug-likeness (QED) is 0.727. The maximum atomic E-state index is 8.79. The standard InChI is InChI=1S/C16H18O3S2/c17-9-11-20-15-5-1-13(2-6-15)19-14-3-7-16(8-4-14)21-12-10-18/h1-8,17-18H,9-12H2. The van der Waals surface area contributed by atoms with Crippen LogP contribution in [-0.2, 0) is 0 Å². The number of hydrogen-bond acceptors (Lipinski definition) is 5. The summed E-state index contributed by atoms with van der Waals surface area (Å²) in [6.45, 7) is 0.368. The third-order valence-electron chi connectivity index (χ3n) is 2.60. The average Bonchev–Trinajstić information content (AvgIpc) is 2.53. The molecular weight excluding hydrogens is 304 g/mol. The van der Waals surface area contributed by atoms with E-state index in [9.17, 15) is 0 Å². The Kier molecular flexibility index (Phi) is 6.95. The molecule has 0 fully saturated rings. The summed E-state index contributed by atoms with van der Waals surface area (Å²) in [5, 5.41) is 17.6. The highest BCUT2D eigenvalue weighted by Gasteiger charge is 2.00. The van der Waals surface area contributed by atoms with Gasteiger partial charge in [-0.1, -0.05) is 0 Å². The zero-order valence-corrected chi connectivity index (χ0v) is 13.2. The first kappa shape index (κ1) is 16.2. The van der Waals surface area contributed by atoms with Crippen molar-refractivity contribution >= 4 is 23.5 Å². The van der Waals surface area contributed by atoms with Gasteiger partial charge in [-0.05, 0) is 48.5 Å². The van der Waals surface area contributed by atoms with Crippen LogP contribution in [0.3, 0.4) is 0 Å². The summed E-state index contributed by atoms with van der Waals surface area (Å²) < 4.78 is 5.78. The second-order valence-electron chi connectivity index (χ2n) is 4.19. The molecule has 0 aliphatic carbocycles. The number of benzene rings is 2. The fourth-order valence-electron chi connectivity index (χ4n) is 1.67. The van der Waals surface area contributed by atoms with Crippen LogP contribution in [-0.4, -0.2) is 34.9 Å². The average molecular weight is 322 g/mol. The number of aliphatic hydroxyl groups is 2. The molecule has 0 bridgehead atoms. The van der Waals surface area contributed by atoms with Crippen molar-refractivity contribution in [2.75, 3.05) is 24.7 Å². The van der Waals surface area contributed by atoms with E-state index in [1.165, 1.54) is 0 Å². The van der Waals surface area contributed by atoms with E-state index in [0.717, 1.165) is 21.3 Å². The van der Waals surface area contributed by atoms with Gasteiger partial charge < -0.3 is 14.9 Å². The molecule has 0 atom stereocenters. The fraction of sp³-hybridized carbons (Fsp3) is 0.250. The van der Waals surface area contributed by atoms with Crippen LogP contribution in [0.4, 0.5) is 0 Å². The van der Waals surface area contributed by atoms with E-state index in [2.05, 4.69) is 0 Å². The van der Waals surface area contributed by atoms with Crippen LogP contribution in [0.15, 0.2) is 58.3 Å². The second kappa shape index (κ2) is 9.00. The van der Waals surface area contributed by atoms with Crippen molar-refractivity contribution in [2.45, 2.75) is 9.79 Å². The van der Waals surface area contributed by atoms with E-state index < -0.39 is 0 Å². The minimum Gasteiger partial charge on any atom is -0.457 e. The maximum absolute atomic E-state index is 8.79. The number of ether oxygens (including phenoxy) is 1. The highest BCUT2D eigenvalue weighted by molar-refractivity contribution is 7.99. The van der Waals surface area contributed by atoms with Gasteiger partial charge >= 0.3 is 0 Å². The van der Waals surface area contributed by atoms with Gasteiger partial charge in [0.2, 0.25) is 0 Å². The lowest BCUT2D eigenvalue weighted by Crippen LogP contribution is -1.87. The fourth-order valence-corrected chi connectivity index (χ4v) is 2.98. The predicted molar refractivity (Wildman–Crippen MR) is 88.6 cm³/mol. The molecule has 2 aromatic carbocycles. The van der Waals surface area contributed by atoms with E-state index in [1.807, 2.05) is 48.5 Å². The third-order valence-corrected chi connectivity index (χ3v) is 4.59. The molecule has 112 valence electrons. The van der Waals surface area contributed by atoms with E-state index in [4.69, 9.17) is 14.9 Å². The molecule has 0 aliphatic rings. The lowest BCUT2D eigenvalue weighted by molar-refractivity contribution is 0.322. The van der Waals surface area contributed by atoms with Crippen molar-refractivity contribution in [2.24, 2.45) is 0 Å². The van der Waals surface area contributed by atoms with Gasteiger partial charge in [0.15, 0.2) is 0 Å². The molecule has 0 radical (unpaired) electrons. The Balaban J connectivity index is 1.91. The summed E-state index contributed by atoms with van der Waals surface area (Å²) in [4.78, 5) is 2.24. The Hall–Kier alpha value is -1.14. The smallest absolute Gasteiger partial charge is 0.127 e. The molecular formula is C16H18O3S2. The molecule has 0 saturated carbocycles. The van der Waals surface area contributed by atoms with E-state index in [1.54, 1.807) is 23.5 Å². The molecule has 0 amide bonds. The first-order valence-electron chi connectivity index (χ1n) is 6.67. The Bertz CT molecular complexity index is 477. The van der Waals surface area contributed by atoms with Gasteiger partial charge in [-0.15, -0.1) is 23.5 Å². The predicted octanol–water partition coefficient (Wildman–Crippen LogP) is 3.65. The van der Waals surface area contributed by atoms with E-state index in [0.29, 0.717) is 11.5 Å². The van der Waals surface area contributed by atoms with Crippen molar-refractivity contribution in [3.05, 3.63) is 48.5 Å². The van der Waals surface area contributed by atoms with Gasteiger partial charge in [0.1, 0.15) is 11.5 Å². The van der Waals surface area contributed by atoms with Crippen LogP contribution in [0.2, 0.25) is 0 Å². The monoisotopic (exact) mass is 322 g/mol. The molecule has 5 heteroatoms. The Labute approximate surface area is 133 Å². The van der Waals surface area contributed by atoms with Crippen LogP contribution in [0, 0.1) is 0 Å². The molecule has 21 heavy (non-hydrogen) atoms. The minimum absolute atomic E-state index is 0.184. The molecule has 0 aromatic heterocycles. The highest BCUT2D eigenvalue weighted by Crippen LogP contribution is 2.27. The van der Waals surface area contributed by atoms with Gasteiger partial charge in [-0.3, -0.25) is 0 Å². The zero-order valence-electron chi connectivity index (χ0n) is 11.6. The second-order valence-corrected chi connectivity index (χ2v) is 6.53. The summed E-state index contributed by atoms with van der Waals surface area (Å²) in [6.07, 6.45) is 0. The first-order valence-corrected chi connectivity index (χ1v) is 8.64. The normalized spacial score (nSPS) is 10.6. The molecule has 0 spiro atoms. The maximum Gasteiger partial charge on any atom is 0.127 e. The lowest BCUT2D eigenvalue weighted by Gasteiger charge is -2.07. The lowest BCUT2D eigenvalue weighted by atomic mass is 10.3. The molecule has 2 N–H and O–H groups in total. The largest absolute Gasteiger partial charge is 0.457 e. The zero-order chi connectivity index (χ0) is 14.9. The highest BCUT2D eigenvalue weighted by atomic mass is 32.2. The van der Waals surface area contributed by atoms with Crippen LogP contribution in [0.25, 0.3) is 0 Å². The summed E-state index contributed by atoms with van der Waals surface area (Å²) >= 11 is 3.23. The minimum atomic E-state index is 0.184. The van der Waals surface area contributed by atoms with Crippen molar-refractivity contribution < 1.29 is 14.9 Å². The van der Waals surface area contributed by atoms with Crippen LogP contribution in [0.1, 0.15) is 0 Å². The van der Waals surface area contributed by atoms with Gasteiger partial charge in [0.25, 0.3) is 0 Å². The molecule has 3 nitrogen and oxygen atoms in total. The molecule has 0 unspecified atom stereocenters. The number of hydrogen-bond donors (Lipinski definition) is 2. The molecule has 0 aliphatic heterocycles. The SMILES string of the molecule is OCCSc1ccc(Oc2ccc(SCCO)cc2)cc1. The van der Waals surface area contributed by atoms with Crippen molar-refractivity contribution in [1.29, 1.82) is 0 Å². The number of rotatable bonds is 8. The van der Waals surface area contributed by atoms with Crippen molar-refractivity contribution in [3.8, 4) is 11.5 Å². The third kappa shape index (κ3) is 5.63. The number of aliphatic hydroxyl groups excluding tert-OH is 2. The molecule has 0 heterocycles.